The molecule has 0 saturated heterocycles. The van der Waals surface area contributed by atoms with E-state index in [1.165, 1.54) is 57.8 Å². The summed E-state index contributed by atoms with van der Waals surface area (Å²) in [6, 6.07) is 0. The van der Waals surface area contributed by atoms with Gasteiger partial charge in [-0.05, 0) is 19.3 Å². The molecule has 0 aliphatic heterocycles. The van der Waals surface area contributed by atoms with E-state index in [-0.39, 0.29) is 0 Å². The van der Waals surface area contributed by atoms with Crippen LogP contribution in [0.4, 0.5) is 0 Å². The highest BCUT2D eigenvalue weighted by molar-refractivity contribution is 5.66. The molecule has 0 amide bonds. The van der Waals surface area contributed by atoms with Crippen LogP contribution in [0.25, 0.3) is 0 Å². The average Bonchev–Trinajstić information content (AvgIpc) is 2.43. The third-order valence-electron chi connectivity index (χ3n) is 3.47. The molecule has 0 aliphatic rings. The first-order chi connectivity index (χ1) is 9.77. The number of hydrogen-bond acceptors (Lipinski definition) is 1. The van der Waals surface area contributed by atoms with Crippen molar-refractivity contribution in [3.8, 4) is 11.8 Å². The van der Waals surface area contributed by atoms with Gasteiger partial charge in [0.2, 0.25) is 0 Å². The Morgan fingerprint density at radius 3 is 1.70 bits per heavy atom. The maximum atomic E-state index is 10.3. The molecular formula is C18H32O2. The van der Waals surface area contributed by atoms with E-state index in [0.717, 1.165) is 25.7 Å². The van der Waals surface area contributed by atoms with E-state index in [4.69, 9.17) is 5.11 Å². The Bertz CT molecular complexity index is 273. The first-order valence-corrected chi connectivity index (χ1v) is 8.45. The lowest BCUT2D eigenvalue weighted by Gasteiger charge is -1.99. The van der Waals surface area contributed by atoms with Crippen molar-refractivity contribution >= 4 is 5.97 Å². The summed E-state index contributed by atoms with van der Waals surface area (Å²) in [7, 11) is 0. The van der Waals surface area contributed by atoms with Crippen molar-refractivity contribution in [1.29, 1.82) is 0 Å². The number of aliphatic carboxylic acids is 1. The zero-order valence-corrected chi connectivity index (χ0v) is 13.3. The lowest BCUT2D eigenvalue weighted by atomic mass is 10.1. The lowest BCUT2D eigenvalue weighted by molar-refractivity contribution is -0.137. The third kappa shape index (κ3) is 17.0. The van der Waals surface area contributed by atoms with Crippen LogP contribution in [0.15, 0.2) is 0 Å². The maximum Gasteiger partial charge on any atom is 0.303 e. The predicted molar refractivity (Wildman–Crippen MR) is 85.7 cm³/mol. The third-order valence-corrected chi connectivity index (χ3v) is 3.47. The maximum absolute atomic E-state index is 10.3. The minimum absolute atomic E-state index is 0.327. The Kier molecular flexibility index (Phi) is 15.3. The van der Waals surface area contributed by atoms with E-state index >= 15 is 0 Å². The fourth-order valence-electron chi connectivity index (χ4n) is 2.19. The molecule has 116 valence electrons. The summed E-state index contributed by atoms with van der Waals surface area (Å²) in [6.45, 7) is 2.23. The molecule has 2 heteroatoms. The van der Waals surface area contributed by atoms with Crippen molar-refractivity contribution in [1.82, 2.24) is 0 Å². The largest absolute Gasteiger partial charge is 0.481 e. The van der Waals surface area contributed by atoms with Crippen molar-refractivity contribution in [3.63, 3.8) is 0 Å². The van der Waals surface area contributed by atoms with Crippen LogP contribution in [0.5, 0.6) is 0 Å². The van der Waals surface area contributed by atoms with Crippen LogP contribution in [0.1, 0.15) is 96.8 Å². The Morgan fingerprint density at radius 1 is 0.750 bits per heavy atom. The molecule has 0 aromatic carbocycles. The van der Waals surface area contributed by atoms with Crippen molar-refractivity contribution in [3.05, 3.63) is 0 Å². The molecule has 0 spiro atoms. The van der Waals surface area contributed by atoms with E-state index in [1.54, 1.807) is 0 Å². The van der Waals surface area contributed by atoms with Gasteiger partial charge in [-0.1, -0.05) is 58.3 Å². The van der Waals surface area contributed by atoms with Crippen LogP contribution in [0.3, 0.4) is 0 Å². The summed E-state index contributed by atoms with van der Waals surface area (Å²) in [4.78, 5) is 10.3. The van der Waals surface area contributed by atoms with Crippen LogP contribution in [-0.2, 0) is 4.79 Å². The Morgan fingerprint density at radius 2 is 1.20 bits per heavy atom. The van der Waals surface area contributed by atoms with E-state index in [1.807, 2.05) is 0 Å². The van der Waals surface area contributed by atoms with Crippen molar-refractivity contribution in [2.45, 2.75) is 96.8 Å². The molecule has 0 unspecified atom stereocenters. The van der Waals surface area contributed by atoms with Crippen LogP contribution in [-0.4, -0.2) is 11.1 Å². The van der Waals surface area contributed by atoms with E-state index in [9.17, 15) is 4.79 Å². The molecular weight excluding hydrogens is 248 g/mol. The van der Waals surface area contributed by atoms with Crippen molar-refractivity contribution < 1.29 is 9.90 Å². The highest BCUT2D eigenvalue weighted by Crippen LogP contribution is 2.09. The molecule has 2 nitrogen and oxygen atoms in total. The molecule has 0 aliphatic carbocycles. The van der Waals surface area contributed by atoms with E-state index in [2.05, 4.69) is 18.8 Å². The van der Waals surface area contributed by atoms with Gasteiger partial charge in [-0.15, -0.1) is 11.8 Å². The van der Waals surface area contributed by atoms with Crippen molar-refractivity contribution in [2.24, 2.45) is 0 Å². The zero-order chi connectivity index (χ0) is 14.9. The number of carbonyl (C=O) groups is 1. The minimum Gasteiger partial charge on any atom is -0.481 e. The number of carboxylic acids is 1. The smallest absolute Gasteiger partial charge is 0.303 e. The normalized spacial score (nSPS) is 10.1. The highest BCUT2D eigenvalue weighted by atomic mass is 16.4. The second-order valence-corrected chi connectivity index (χ2v) is 5.53. The molecule has 0 fully saturated rings. The van der Waals surface area contributed by atoms with Crippen LogP contribution in [0.2, 0.25) is 0 Å². The summed E-state index contributed by atoms with van der Waals surface area (Å²) in [5, 5.41) is 8.50. The molecule has 0 aromatic rings. The molecule has 0 bridgehead atoms. The van der Waals surface area contributed by atoms with Gasteiger partial charge in [-0.2, -0.15) is 0 Å². The highest BCUT2D eigenvalue weighted by Gasteiger charge is 1.96. The summed E-state index contributed by atoms with van der Waals surface area (Å²) < 4.78 is 0. The van der Waals surface area contributed by atoms with E-state index < -0.39 is 5.97 Å². The number of rotatable bonds is 13. The van der Waals surface area contributed by atoms with Crippen LogP contribution in [0, 0.1) is 11.8 Å². The molecule has 1 N–H and O–H groups in total. The molecule has 20 heavy (non-hydrogen) atoms. The molecule has 0 atom stereocenters. The lowest BCUT2D eigenvalue weighted by Crippen LogP contribution is -1.93. The van der Waals surface area contributed by atoms with Gasteiger partial charge in [0.15, 0.2) is 0 Å². The topological polar surface area (TPSA) is 37.3 Å². The molecule has 0 aromatic heterocycles. The molecule has 0 radical (unpaired) electrons. The summed E-state index contributed by atoms with van der Waals surface area (Å²) >= 11 is 0. The van der Waals surface area contributed by atoms with Gasteiger partial charge in [0.05, 0.1) is 0 Å². The minimum atomic E-state index is -0.668. The van der Waals surface area contributed by atoms with Gasteiger partial charge in [-0.25, -0.2) is 0 Å². The second kappa shape index (κ2) is 16.1. The SMILES string of the molecule is CCCCCCC#CCCCCCCCCCC(=O)O. The Labute approximate surface area is 125 Å². The van der Waals surface area contributed by atoms with Gasteiger partial charge in [-0.3, -0.25) is 4.79 Å². The summed E-state index contributed by atoms with van der Waals surface area (Å²) in [5.74, 6) is 5.87. The van der Waals surface area contributed by atoms with Gasteiger partial charge < -0.3 is 5.11 Å². The number of carboxylic acid groups (broad SMARTS) is 1. The van der Waals surface area contributed by atoms with Crippen molar-refractivity contribution in [2.75, 3.05) is 0 Å². The van der Waals surface area contributed by atoms with Gasteiger partial charge >= 0.3 is 5.97 Å². The zero-order valence-electron chi connectivity index (χ0n) is 13.3. The van der Waals surface area contributed by atoms with Gasteiger partial charge in [0.25, 0.3) is 0 Å². The summed E-state index contributed by atoms with van der Waals surface area (Å²) in [5.41, 5.74) is 0. The second-order valence-electron chi connectivity index (χ2n) is 5.53. The molecule has 0 rings (SSSR count). The fraction of sp³-hybridized carbons (Fsp3) is 0.833. The average molecular weight is 280 g/mol. The van der Waals surface area contributed by atoms with Gasteiger partial charge in [0, 0.05) is 19.3 Å². The Balaban J connectivity index is 3.09. The molecule has 0 heterocycles. The Hall–Kier alpha value is -0.970. The summed E-state index contributed by atoms with van der Waals surface area (Å²) in [6.07, 6.45) is 15.7. The standard InChI is InChI=1S/C18H32O2/c1-2-3-4-5-6-7-8-9-10-11-12-13-14-15-16-17-18(19)20/h2-6,9-17H2,1H3,(H,19,20). The number of hydrogen-bond donors (Lipinski definition) is 1. The first-order valence-electron chi connectivity index (χ1n) is 8.45. The fourth-order valence-corrected chi connectivity index (χ4v) is 2.19. The monoisotopic (exact) mass is 280 g/mol. The van der Waals surface area contributed by atoms with Crippen LogP contribution >= 0.6 is 0 Å². The quantitative estimate of drug-likeness (QED) is 0.354. The van der Waals surface area contributed by atoms with Crippen LogP contribution < -0.4 is 0 Å². The van der Waals surface area contributed by atoms with E-state index in [0.29, 0.717) is 6.42 Å². The number of unbranched alkanes of at least 4 members (excludes halogenated alkanes) is 11. The predicted octanol–water partition coefficient (Wildman–Crippen LogP) is 5.56. The van der Waals surface area contributed by atoms with Gasteiger partial charge in [0.1, 0.15) is 0 Å². The molecule has 0 saturated carbocycles. The first kappa shape index (κ1) is 19.0.